The third-order valence-corrected chi connectivity index (χ3v) is 4.04. The van der Waals surface area contributed by atoms with Gasteiger partial charge in [-0.25, -0.2) is 4.39 Å². The summed E-state index contributed by atoms with van der Waals surface area (Å²) in [4.78, 5) is 0. The van der Waals surface area contributed by atoms with Crippen LogP contribution in [-0.2, 0) is 19.7 Å². The quantitative estimate of drug-likeness (QED) is 0.617. The fourth-order valence-corrected chi connectivity index (χ4v) is 2.57. The number of hydrogen-bond donors (Lipinski definition) is 1. The maximum absolute atomic E-state index is 12.9. The second kappa shape index (κ2) is 8.65. The van der Waals surface area contributed by atoms with Crippen LogP contribution in [0.3, 0.4) is 0 Å². The fourth-order valence-electron chi connectivity index (χ4n) is 2.45. The van der Waals surface area contributed by atoms with Gasteiger partial charge in [-0.15, -0.1) is 0 Å². The first-order chi connectivity index (χ1) is 12.2. The van der Waals surface area contributed by atoms with E-state index >= 15 is 0 Å². The van der Waals surface area contributed by atoms with Crippen molar-refractivity contribution >= 4 is 11.6 Å². The molecule has 0 unspecified atom stereocenters. The lowest BCUT2D eigenvalue weighted by atomic mass is 10.2. The molecule has 0 amide bonds. The molecule has 0 saturated heterocycles. The molecule has 1 N–H and O–H groups in total. The van der Waals surface area contributed by atoms with Gasteiger partial charge in [0.25, 0.3) is 0 Å². The van der Waals surface area contributed by atoms with E-state index in [1.807, 2.05) is 48.5 Å². The van der Waals surface area contributed by atoms with E-state index in [9.17, 15) is 4.39 Å². The molecule has 0 bridgehead atoms. The molecule has 0 atom stereocenters. The highest BCUT2D eigenvalue weighted by Gasteiger charge is 2.00. The van der Waals surface area contributed by atoms with Gasteiger partial charge in [0.05, 0.1) is 0 Å². The highest BCUT2D eigenvalue weighted by atomic mass is 35.5. The predicted octanol–water partition coefficient (Wildman–Crippen LogP) is 5.35. The van der Waals surface area contributed by atoms with Gasteiger partial charge in [-0.2, -0.15) is 0 Å². The Kier molecular flexibility index (Phi) is 6.04. The van der Waals surface area contributed by atoms with Gasteiger partial charge in [0.1, 0.15) is 18.2 Å². The molecule has 128 valence electrons. The average molecular weight is 356 g/mol. The summed E-state index contributed by atoms with van der Waals surface area (Å²) in [5, 5.41) is 4.07. The molecule has 25 heavy (non-hydrogen) atoms. The van der Waals surface area contributed by atoms with Crippen molar-refractivity contribution in [3.05, 3.63) is 100 Å². The van der Waals surface area contributed by atoms with Gasteiger partial charge in [-0.3, -0.25) is 0 Å². The molecule has 0 aliphatic heterocycles. The van der Waals surface area contributed by atoms with Crippen LogP contribution in [0.1, 0.15) is 16.7 Å². The first-order valence-corrected chi connectivity index (χ1v) is 8.48. The van der Waals surface area contributed by atoms with E-state index in [1.54, 1.807) is 12.1 Å². The summed E-state index contributed by atoms with van der Waals surface area (Å²) in [5.74, 6) is 0.616. The first kappa shape index (κ1) is 17.5. The Balaban J connectivity index is 1.50. The molecule has 0 aliphatic carbocycles. The molecular weight excluding hydrogens is 337 g/mol. The monoisotopic (exact) mass is 355 g/mol. The molecule has 0 aromatic heterocycles. The SMILES string of the molecule is Fc1ccc(CNCc2cccc(OCc3ccc(Cl)cc3)c2)cc1. The standard InChI is InChI=1S/C21H19ClFNO/c22-19-8-4-17(5-9-19)15-25-21-3-1-2-18(12-21)14-24-13-16-6-10-20(23)11-7-16/h1-12,24H,13-15H2. The summed E-state index contributed by atoms with van der Waals surface area (Å²) in [5.41, 5.74) is 3.26. The number of ether oxygens (including phenoxy) is 1. The van der Waals surface area contributed by atoms with Gasteiger partial charge in [-0.1, -0.05) is 48.0 Å². The first-order valence-electron chi connectivity index (χ1n) is 8.10. The maximum atomic E-state index is 12.9. The van der Waals surface area contributed by atoms with Crippen molar-refractivity contribution in [3.63, 3.8) is 0 Å². The Morgan fingerprint density at radius 3 is 2.24 bits per heavy atom. The number of benzene rings is 3. The Morgan fingerprint density at radius 2 is 1.48 bits per heavy atom. The lowest BCUT2D eigenvalue weighted by Crippen LogP contribution is -2.12. The third-order valence-electron chi connectivity index (χ3n) is 3.79. The normalized spacial score (nSPS) is 10.6. The Hall–Kier alpha value is -2.36. The van der Waals surface area contributed by atoms with Crippen molar-refractivity contribution in [1.82, 2.24) is 5.32 Å². The molecule has 0 radical (unpaired) electrons. The van der Waals surface area contributed by atoms with Crippen LogP contribution in [0.15, 0.2) is 72.8 Å². The summed E-state index contributed by atoms with van der Waals surface area (Å²) in [6, 6.07) is 22.1. The molecule has 0 saturated carbocycles. The molecule has 2 nitrogen and oxygen atoms in total. The minimum atomic E-state index is -0.214. The number of nitrogens with one attached hydrogen (secondary N) is 1. The van der Waals surface area contributed by atoms with E-state index in [2.05, 4.69) is 5.32 Å². The zero-order valence-corrected chi connectivity index (χ0v) is 14.5. The zero-order chi connectivity index (χ0) is 17.5. The van der Waals surface area contributed by atoms with Crippen molar-refractivity contribution in [1.29, 1.82) is 0 Å². The minimum absolute atomic E-state index is 0.214. The molecule has 0 aliphatic rings. The van der Waals surface area contributed by atoms with Crippen LogP contribution in [0.4, 0.5) is 4.39 Å². The summed E-state index contributed by atoms with van der Waals surface area (Å²) in [7, 11) is 0. The van der Waals surface area contributed by atoms with Gasteiger partial charge >= 0.3 is 0 Å². The van der Waals surface area contributed by atoms with E-state index in [-0.39, 0.29) is 5.82 Å². The molecule has 3 rings (SSSR count). The molecule has 4 heteroatoms. The lowest BCUT2D eigenvalue weighted by Gasteiger charge is -2.09. The van der Waals surface area contributed by atoms with E-state index in [4.69, 9.17) is 16.3 Å². The summed E-state index contributed by atoms with van der Waals surface area (Å²) in [6.45, 7) is 1.91. The van der Waals surface area contributed by atoms with E-state index in [0.717, 1.165) is 34.0 Å². The highest BCUT2D eigenvalue weighted by Crippen LogP contribution is 2.16. The second-order valence-electron chi connectivity index (χ2n) is 5.79. The van der Waals surface area contributed by atoms with Crippen LogP contribution in [0.5, 0.6) is 5.75 Å². The average Bonchev–Trinajstić information content (AvgIpc) is 2.63. The van der Waals surface area contributed by atoms with Crippen molar-refractivity contribution in [3.8, 4) is 5.75 Å². The van der Waals surface area contributed by atoms with Crippen molar-refractivity contribution in [2.75, 3.05) is 0 Å². The largest absolute Gasteiger partial charge is 0.489 e. The van der Waals surface area contributed by atoms with E-state index in [0.29, 0.717) is 13.2 Å². The molecule has 0 spiro atoms. The smallest absolute Gasteiger partial charge is 0.123 e. The summed E-state index contributed by atoms with van der Waals surface area (Å²) in [6.07, 6.45) is 0. The Morgan fingerprint density at radius 1 is 0.800 bits per heavy atom. The molecule has 0 fully saturated rings. The van der Waals surface area contributed by atoms with Crippen molar-refractivity contribution in [2.24, 2.45) is 0 Å². The lowest BCUT2D eigenvalue weighted by molar-refractivity contribution is 0.306. The number of halogens is 2. The molecule has 0 heterocycles. The van der Waals surface area contributed by atoms with Gasteiger partial charge in [0.2, 0.25) is 0 Å². The number of hydrogen-bond acceptors (Lipinski definition) is 2. The number of rotatable bonds is 7. The van der Waals surface area contributed by atoms with Crippen LogP contribution in [0, 0.1) is 5.82 Å². The summed E-state index contributed by atoms with van der Waals surface area (Å²) >= 11 is 5.88. The molecule has 3 aromatic rings. The van der Waals surface area contributed by atoms with Gasteiger partial charge < -0.3 is 10.1 Å². The minimum Gasteiger partial charge on any atom is -0.489 e. The fraction of sp³-hybridized carbons (Fsp3) is 0.143. The van der Waals surface area contributed by atoms with Crippen molar-refractivity contribution in [2.45, 2.75) is 19.7 Å². The van der Waals surface area contributed by atoms with Gasteiger partial charge in [-0.05, 0) is 53.1 Å². The third kappa shape index (κ3) is 5.59. The zero-order valence-electron chi connectivity index (χ0n) is 13.7. The topological polar surface area (TPSA) is 21.3 Å². The van der Waals surface area contributed by atoms with Crippen LogP contribution >= 0.6 is 11.6 Å². The molecule has 3 aromatic carbocycles. The van der Waals surface area contributed by atoms with E-state index < -0.39 is 0 Å². The maximum Gasteiger partial charge on any atom is 0.123 e. The summed E-state index contributed by atoms with van der Waals surface area (Å²) < 4.78 is 18.7. The van der Waals surface area contributed by atoms with Crippen LogP contribution < -0.4 is 10.1 Å². The van der Waals surface area contributed by atoms with Crippen molar-refractivity contribution < 1.29 is 9.13 Å². The van der Waals surface area contributed by atoms with Gasteiger partial charge in [0, 0.05) is 18.1 Å². The van der Waals surface area contributed by atoms with Gasteiger partial charge in [0.15, 0.2) is 0 Å². The van der Waals surface area contributed by atoms with Crippen LogP contribution in [0.25, 0.3) is 0 Å². The van der Waals surface area contributed by atoms with Crippen LogP contribution in [0.2, 0.25) is 5.02 Å². The Labute approximate surface area is 152 Å². The second-order valence-corrected chi connectivity index (χ2v) is 6.23. The van der Waals surface area contributed by atoms with Crippen LogP contribution in [-0.4, -0.2) is 0 Å². The highest BCUT2D eigenvalue weighted by molar-refractivity contribution is 6.30. The molecular formula is C21H19ClFNO. The van der Waals surface area contributed by atoms with E-state index in [1.165, 1.54) is 12.1 Å². The predicted molar refractivity (Wildman–Crippen MR) is 99.2 cm³/mol. The Bertz CT molecular complexity index is 803.